The molecule has 0 saturated heterocycles. The van der Waals surface area contributed by atoms with E-state index in [0.717, 1.165) is 35.3 Å². The van der Waals surface area contributed by atoms with E-state index in [4.69, 9.17) is 9.84 Å². The van der Waals surface area contributed by atoms with Gasteiger partial charge in [-0.1, -0.05) is 12.1 Å². The molecule has 4 rings (SSSR count). The van der Waals surface area contributed by atoms with Crippen LogP contribution in [0.15, 0.2) is 48.9 Å². The van der Waals surface area contributed by atoms with Crippen LogP contribution in [-0.4, -0.2) is 51.6 Å². The van der Waals surface area contributed by atoms with Gasteiger partial charge in [-0.15, -0.1) is 0 Å². The Morgan fingerprint density at radius 2 is 2.14 bits per heavy atom. The average Bonchev–Trinajstić information content (AvgIpc) is 3.17. The van der Waals surface area contributed by atoms with Crippen molar-refractivity contribution in [1.29, 1.82) is 0 Å². The van der Waals surface area contributed by atoms with Crippen molar-refractivity contribution in [1.82, 2.24) is 20.1 Å². The number of aryl methyl sites for hydroxylation is 1. The number of anilines is 1. The lowest BCUT2D eigenvalue weighted by atomic mass is 10.1. The molecule has 0 unspecified atom stereocenters. The molecule has 0 fully saturated rings. The number of pyridine rings is 1. The summed E-state index contributed by atoms with van der Waals surface area (Å²) in [5.41, 5.74) is 4.31. The van der Waals surface area contributed by atoms with Gasteiger partial charge in [0.15, 0.2) is 0 Å². The molecule has 150 valence electrons. The first-order chi connectivity index (χ1) is 14.1. The lowest BCUT2D eigenvalue weighted by molar-refractivity contribution is 0.0697. The van der Waals surface area contributed by atoms with E-state index in [-0.39, 0.29) is 6.10 Å². The predicted molar refractivity (Wildman–Crippen MR) is 109 cm³/mol. The van der Waals surface area contributed by atoms with Crippen LogP contribution >= 0.6 is 0 Å². The van der Waals surface area contributed by atoms with E-state index in [9.17, 15) is 4.79 Å². The zero-order valence-electron chi connectivity index (χ0n) is 16.1. The summed E-state index contributed by atoms with van der Waals surface area (Å²) in [5.74, 6) is -0.294. The fourth-order valence-corrected chi connectivity index (χ4v) is 3.25. The molecule has 0 spiro atoms. The second-order valence-corrected chi connectivity index (χ2v) is 7.06. The summed E-state index contributed by atoms with van der Waals surface area (Å²) < 4.78 is 7.76. The smallest absolute Gasteiger partial charge is 0.335 e. The largest absolute Gasteiger partial charge is 0.478 e. The second kappa shape index (κ2) is 8.32. The molecule has 0 radical (unpaired) electrons. The maximum absolute atomic E-state index is 10.9. The van der Waals surface area contributed by atoms with Gasteiger partial charge in [0.25, 0.3) is 0 Å². The Balaban J connectivity index is 1.26. The highest BCUT2D eigenvalue weighted by atomic mass is 16.5. The van der Waals surface area contributed by atoms with Crippen LogP contribution < -0.4 is 15.4 Å². The topological polar surface area (TPSA) is 101 Å². The summed E-state index contributed by atoms with van der Waals surface area (Å²) in [6.45, 7) is 2.18. The molecule has 8 heteroatoms. The number of hydrogen-bond acceptors (Lipinski definition) is 6. The first-order valence-corrected chi connectivity index (χ1v) is 9.51. The number of hydrogen-bond donors (Lipinski definition) is 3. The van der Waals surface area contributed by atoms with Crippen molar-refractivity contribution >= 4 is 11.7 Å². The SMILES string of the molecule is Cn1cc(-c2cnc3c(c2)NC[C@@H](CNCCc2ccc(C(=O)O)cc2)O3)cn1. The zero-order chi connectivity index (χ0) is 20.2. The molecule has 2 aromatic heterocycles. The number of nitrogens with zero attached hydrogens (tertiary/aromatic N) is 3. The Bertz CT molecular complexity index is 1000. The molecule has 1 aliphatic heterocycles. The van der Waals surface area contributed by atoms with E-state index in [1.807, 2.05) is 37.6 Å². The molecular weight excluding hydrogens is 370 g/mol. The fourth-order valence-electron chi connectivity index (χ4n) is 3.25. The van der Waals surface area contributed by atoms with Crippen LogP contribution in [-0.2, 0) is 13.5 Å². The molecule has 0 amide bonds. The molecular formula is C21H23N5O3. The Kier molecular flexibility index (Phi) is 5.44. The summed E-state index contributed by atoms with van der Waals surface area (Å²) in [7, 11) is 1.89. The molecule has 1 atom stereocenters. The first-order valence-electron chi connectivity index (χ1n) is 9.51. The highest BCUT2D eigenvalue weighted by Gasteiger charge is 2.20. The fraction of sp³-hybridized carbons (Fsp3) is 0.286. The standard InChI is InChI=1S/C21H23N5O3/c1-26-13-17(10-25-26)16-8-19-20(24-9-16)29-18(12-23-19)11-22-7-6-14-2-4-15(5-3-14)21(27)28/h2-5,8-10,13,18,22-23H,6-7,11-12H2,1H3,(H,27,28)/t18-/m1/s1. The number of carboxylic acid groups (broad SMARTS) is 1. The molecule has 0 bridgehead atoms. The normalized spacial score (nSPS) is 15.3. The minimum Gasteiger partial charge on any atom is -0.478 e. The minimum absolute atomic E-state index is 0.00590. The molecule has 29 heavy (non-hydrogen) atoms. The van der Waals surface area contributed by atoms with E-state index in [0.29, 0.717) is 24.5 Å². The Hall–Kier alpha value is -3.39. The van der Waals surface area contributed by atoms with E-state index < -0.39 is 5.97 Å². The van der Waals surface area contributed by atoms with Crippen molar-refractivity contribution in [3.63, 3.8) is 0 Å². The lowest BCUT2D eigenvalue weighted by Gasteiger charge is -2.27. The Morgan fingerprint density at radius 3 is 2.86 bits per heavy atom. The van der Waals surface area contributed by atoms with Crippen molar-refractivity contribution in [2.75, 3.05) is 25.0 Å². The Labute approximate surface area is 168 Å². The van der Waals surface area contributed by atoms with Crippen LogP contribution in [0.25, 0.3) is 11.1 Å². The monoisotopic (exact) mass is 393 g/mol. The second-order valence-electron chi connectivity index (χ2n) is 7.06. The number of aromatic carboxylic acids is 1. The zero-order valence-corrected chi connectivity index (χ0v) is 16.1. The van der Waals surface area contributed by atoms with Crippen LogP contribution in [0, 0.1) is 0 Å². The van der Waals surface area contributed by atoms with E-state index in [1.54, 1.807) is 23.0 Å². The Morgan fingerprint density at radius 1 is 1.31 bits per heavy atom. The molecule has 0 saturated carbocycles. The van der Waals surface area contributed by atoms with Crippen molar-refractivity contribution < 1.29 is 14.6 Å². The minimum atomic E-state index is -0.905. The van der Waals surface area contributed by atoms with Gasteiger partial charge in [0, 0.05) is 37.1 Å². The highest BCUT2D eigenvalue weighted by Crippen LogP contribution is 2.30. The summed E-state index contributed by atoms with van der Waals surface area (Å²) in [6.07, 6.45) is 6.38. The van der Waals surface area contributed by atoms with Gasteiger partial charge >= 0.3 is 5.97 Å². The summed E-state index contributed by atoms with van der Waals surface area (Å²) in [4.78, 5) is 15.3. The van der Waals surface area contributed by atoms with Gasteiger partial charge in [-0.05, 0) is 36.7 Å². The van der Waals surface area contributed by atoms with Gasteiger partial charge in [0.2, 0.25) is 5.88 Å². The maximum Gasteiger partial charge on any atom is 0.335 e. The third kappa shape index (κ3) is 4.55. The first kappa shape index (κ1) is 18.9. The summed E-state index contributed by atoms with van der Waals surface area (Å²) >= 11 is 0. The van der Waals surface area contributed by atoms with E-state index in [2.05, 4.69) is 20.7 Å². The number of carbonyl (C=O) groups is 1. The predicted octanol–water partition coefficient (Wildman–Crippen LogP) is 2.19. The van der Waals surface area contributed by atoms with Crippen molar-refractivity contribution in [2.45, 2.75) is 12.5 Å². The van der Waals surface area contributed by atoms with Crippen molar-refractivity contribution in [3.05, 3.63) is 60.0 Å². The number of aromatic nitrogens is 3. The molecule has 1 aliphatic rings. The number of rotatable bonds is 7. The van der Waals surface area contributed by atoms with Gasteiger partial charge in [0.1, 0.15) is 6.10 Å². The van der Waals surface area contributed by atoms with E-state index >= 15 is 0 Å². The molecule has 0 aliphatic carbocycles. The quantitative estimate of drug-likeness (QED) is 0.529. The van der Waals surface area contributed by atoms with Gasteiger partial charge < -0.3 is 20.5 Å². The number of fused-ring (bicyclic) bond motifs is 1. The van der Waals surface area contributed by atoms with Crippen LogP contribution in [0.4, 0.5) is 5.69 Å². The summed E-state index contributed by atoms with van der Waals surface area (Å²) in [6, 6.07) is 9.00. The van der Waals surface area contributed by atoms with E-state index in [1.165, 1.54) is 0 Å². The third-order valence-electron chi connectivity index (χ3n) is 4.85. The molecule has 1 aromatic carbocycles. The van der Waals surface area contributed by atoms with Crippen LogP contribution in [0.1, 0.15) is 15.9 Å². The van der Waals surface area contributed by atoms with Crippen LogP contribution in [0.3, 0.4) is 0 Å². The number of nitrogens with one attached hydrogen (secondary N) is 2. The van der Waals surface area contributed by atoms with Gasteiger partial charge in [-0.2, -0.15) is 5.10 Å². The van der Waals surface area contributed by atoms with Gasteiger partial charge in [-0.25, -0.2) is 9.78 Å². The number of ether oxygens (including phenoxy) is 1. The van der Waals surface area contributed by atoms with Crippen molar-refractivity contribution in [2.24, 2.45) is 7.05 Å². The molecule has 8 nitrogen and oxygen atoms in total. The maximum atomic E-state index is 10.9. The molecule has 3 N–H and O–H groups in total. The molecule has 3 heterocycles. The van der Waals surface area contributed by atoms with Crippen LogP contribution in [0.2, 0.25) is 0 Å². The lowest BCUT2D eigenvalue weighted by Crippen LogP contribution is -2.40. The van der Waals surface area contributed by atoms with Crippen LogP contribution in [0.5, 0.6) is 5.88 Å². The highest BCUT2D eigenvalue weighted by molar-refractivity contribution is 5.87. The third-order valence-corrected chi connectivity index (χ3v) is 4.85. The van der Waals surface area contributed by atoms with Gasteiger partial charge in [0.05, 0.1) is 24.0 Å². The molecule has 3 aromatic rings. The van der Waals surface area contributed by atoms with Gasteiger partial charge in [-0.3, -0.25) is 4.68 Å². The van der Waals surface area contributed by atoms with Crippen molar-refractivity contribution in [3.8, 4) is 17.0 Å². The average molecular weight is 393 g/mol. The summed E-state index contributed by atoms with van der Waals surface area (Å²) in [5, 5.41) is 19.9. The number of carboxylic acids is 1. The number of benzene rings is 1.